The van der Waals surface area contributed by atoms with Gasteiger partial charge in [0.25, 0.3) is 0 Å². The molecule has 22 heavy (non-hydrogen) atoms. The molecule has 2 aliphatic rings. The third-order valence-electron chi connectivity index (χ3n) is 4.92. The van der Waals surface area contributed by atoms with Gasteiger partial charge in [-0.05, 0) is 25.3 Å². The molecule has 0 spiro atoms. The Morgan fingerprint density at radius 3 is 2.73 bits per heavy atom. The zero-order chi connectivity index (χ0) is 15.6. The first-order valence-corrected chi connectivity index (χ1v) is 8.37. The van der Waals surface area contributed by atoms with E-state index in [2.05, 4.69) is 10.00 Å². The molecule has 6 nitrogen and oxygen atoms in total. The van der Waals surface area contributed by atoms with Crippen LogP contribution in [0.15, 0.2) is 6.07 Å². The highest BCUT2D eigenvalue weighted by atomic mass is 16.3. The molecule has 1 unspecified atom stereocenters. The van der Waals surface area contributed by atoms with E-state index in [0.717, 1.165) is 57.4 Å². The van der Waals surface area contributed by atoms with Crippen molar-refractivity contribution < 1.29 is 15.3 Å². The summed E-state index contributed by atoms with van der Waals surface area (Å²) >= 11 is 0. The third-order valence-corrected chi connectivity index (χ3v) is 4.92. The van der Waals surface area contributed by atoms with Crippen LogP contribution in [-0.2, 0) is 19.7 Å². The van der Waals surface area contributed by atoms with Gasteiger partial charge in [-0.15, -0.1) is 0 Å². The predicted molar refractivity (Wildman–Crippen MR) is 82.1 cm³/mol. The quantitative estimate of drug-likeness (QED) is 0.743. The lowest BCUT2D eigenvalue weighted by Crippen LogP contribution is -2.38. The van der Waals surface area contributed by atoms with E-state index in [4.69, 9.17) is 0 Å². The minimum Gasteiger partial charge on any atom is -0.392 e. The van der Waals surface area contributed by atoms with E-state index in [1.807, 2.05) is 10.7 Å². The number of β-amino-alcohol motifs (C(OH)–C–C–N with tert-alkyl or cyclic N) is 1. The fraction of sp³-hybridized carbons (Fsp3) is 0.812. The van der Waals surface area contributed by atoms with Crippen molar-refractivity contribution in [1.82, 2.24) is 14.7 Å². The number of fused-ring (bicyclic) bond motifs is 1. The summed E-state index contributed by atoms with van der Waals surface area (Å²) < 4.78 is 1.96. The van der Waals surface area contributed by atoms with E-state index in [0.29, 0.717) is 18.7 Å². The van der Waals surface area contributed by atoms with Crippen molar-refractivity contribution in [2.45, 2.75) is 69.9 Å². The number of hydrogen-bond donors (Lipinski definition) is 3. The van der Waals surface area contributed by atoms with Gasteiger partial charge in [0.15, 0.2) is 0 Å². The molecule has 1 aliphatic heterocycles. The summed E-state index contributed by atoms with van der Waals surface area (Å²) in [5, 5.41) is 34.3. The van der Waals surface area contributed by atoms with Gasteiger partial charge in [0.1, 0.15) is 0 Å². The van der Waals surface area contributed by atoms with Crippen molar-refractivity contribution in [3.8, 4) is 0 Å². The molecule has 1 fully saturated rings. The van der Waals surface area contributed by atoms with Crippen LogP contribution in [0.4, 0.5) is 0 Å². The molecule has 1 saturated carbocycles. The van der Waals surface area contributed by atoms with Crippen molar-refractivity contribution in [1.29, 1.82) is 0 Å². The fourth-order valence-electron chi connectivity index (χ4n) is 3.86. The Bertz CT molecular complexity index is 497. The maximum Gasteiger partial charge on any atom is 0.0882 e. The van der Waals surface area contributed by atoms with Crippen LogP contribution < -0.4 is 0 Å². The largest absolute Gasteiger partial charge is 0.392 e. The molecule has 1 aromatic rings. The summed E-state index contributed by atoms with van der Waals surface area (Å²) in [6.45, 7) is 3.07. The summed E-state index contributed by atoms with van der Waals surface area (Å²) in [5.41, 5.74) is 1.14. The molecule has 0 aromatic carbocycles. The summed E-state index contributed by atoms with van der Waals surface area (Å²) in [6.07, 6.45) is 4.73. The summed E-state index contributed by atoms with van der Waals surface area (Å²) in [7, 11) is 0. The number of rotatable bonds is 5. The average molecular weight is 309 g/mol. The van der Waals surface area contributed by atoms with Crippen LogP contribution in [0.2, 0.25) is 0 Å². The second kappa shape index (κ2) is 6.66. The van der Waals surface area contributed by atoms with E-state index >= 15 is 0 Å². The van der Waals surface area contributed by atoms with Gasteiger partial charge in [0.05, 0.1) is 29.7 Å². The maximum absolute atomic E-state index is 10.4. The van der Waals surface area contributed by atoms with Crippen LogP contribution in [0.5, 0.6) is 0 Å². The standard InChI is InChI=1S/C16H27N3O3/c20-12-13-8-14-10-18(6-3-7-19(14)17-13)11-15(21)9-16(22)4-1-2-5-16/h8,15,20-22H,1-7,9-12H2. The smallest absolute Gasteiger partial charge is 0.0882 e. The van der Waals surface area contributed by atoms with Crippen molar-refractivity contribution >= 4 is 0 Å². The zero-order valence-corrected chi connectivity index (χ0v) is 13.1. The van der Waals surface area contributed by atoms with Gasteiger partial charge >= 0.3 is 0 Å². The Balaban J connectivity index is 1.57. The molecule has 0 saturated heterocycles. The molecule has 0 bridgehead atoms. The summed E-state index contributed by atoms with van der Waals surface area (Å²) in [4.78, 5) is 2.23. The Hall–Kier alpha value is -0.950. The third kappa shape index (κ3) is 3.68. The van der Waals surface area contributed by atoms with E-state index in [9.17, 15) is 15.3 Å². The average Bonchev–Trinajstić information content (AvgIpc) is 3.01. The van der Waals surface area contributed by atoms with E-state index < -0.39 is 11.7 Å². The highest BCUT2D eigenvalue weighted by Gasteiger charge is 2.33. The first-order chi connectivity index (χ1) is 10.6. The molecular formula is C16H27N3O3. The Morgan fingerprint density at radius 1 is 1.23 bits per heavy atom. The highest BCUT2D eigenvalue weighted by molar-refractivity contribution is 5.10. The molecule has 1 aromatic heterocycles. The maximum atomic E-state index is 10.4. The van der Waals surface area contributed by atoms with Gasteiger partial charge in [-0.1, -0.05) is 12.8 Å². The lowest BCUT2D eigenvalue weighted by Gasteiger charge is -2.28. The van der Waals surface area contributed by atoms with E-state index in [1.54, 1.807) is 0 Å². The van der Waals surface area contributed by atoms with Crippen LogP contribution in [0, 0.1) is 0 Å². The number of aliphatic hydroxyl groups excluding tert-OH is 2. The van der Waals surface area contributed by atoms with Gasteiger partial charge in [0.2, 0.25) is 0 Å². The Labute approximate surface area is 131 Å². The van der Waals surface area contributed by atoms with Gasteiger partial charge in [-0.25, -0.2) is 0 Å². The number of aryl methyl sites for hydroxylation is 1. The summed E-state index contributed by atoms with van der Waals surface area (Å²) in [5.74, 6) is 0. The van der Waals surface area contributed by atoms with Crippen LogP contribution in [-0.4, -0.2) is 54.8 Å². The van der Waals surface area contributed by atoms with Crippen LogP contribution in [0.25, 0.3) is 0 Å². The minimum absolute atomic E-state index is 0.0321. The number of aliphatic hydroxyl groups is 3. The molecule has 0 radical (unpaired) electrons. The van der Waals surface area contributed by atoms with E-state index in [-0.39, 0.29) is 6.61 Å². The molecule has 6 heteroatoms. The lowest BCUT2D eigenvalue weighted by molar-refractivity contribution is -0.0157. The monoisotopic (exact) mass is 309 g/mol. The fourth-order valence-corrected chi connectivity index (χ4v) is 3.86. The molecule has 0 amide bonds. The molecular weight excluding hydrogens is 282 g/mol. The van der Waals surface area contributed by atoms with Gasteiger partial charge < -0.3 is 15.3 Å². The molecule has 2 heterocycles. The Kier molecular flexibility index (Phi) is 4.82. The van der Waals surface area contributed by atoms with Crippen molar-refractivity contribution in [2.75, 3.05) is 13.1 Å². The number of nitrogens with zero attached hydrogens (tertiary/aromatic N) is 3. The number of hydrogen-bond acceptors (Lipinski definition) is 5. The second-order valence-corrected chi connectivity index (χ2v) is 6.89. The van der Waals surface area contributed by atoms with Crippen molar-refractivity contribution in [3.63, 3.8) is 0 Å². The van der Waals surface area contributed by atoms with Crippen LogP contribution >= 0.6 is 0 Å². The Morgan fingerprint density at radius 2 is 2.00 bits per heavy atom. The summed E-state index contributed by atoms with van der Waals surface area (Å²) in [6, 6.07) is 1.94. The molecule has 1 aliphatic carbocycles. The van der Waals surface area contributed by atoms with Crippen LogP contribution in [0.3, 0.4) is 0 Å². The highest BCUT2D eigenvalue weighted by Crippen LogP contribution is 2.33. The predicted octanol–water partition coefficient (Wildman–Crippen LogP) is 0.637. The normalized spacial score (nSPS) is 23.2. The molecule has 3 N–H and O–H groups in total. The molecule has 3 rings (SSSR count). The van der Waals surface area contributed by atoms with Crippen molar-refractivity contribution in [2.24, 2.45) is 0 Å². The lowest BCUT2D eigenvalue weighted by atomic mass is 9.94. The molecule has 1 atom stereocenters. The van der Waals surface area contributed by atoms with Gasteiger partial charge in [-0.3, -0.25) is 9.58 Å². The number of aromatic nitrogens is 2. The first-order valence-electron chi connectivity index (χ1n) is 8.37. The first kappa shape index (κ1) is 15.9. The van der Waals surface area contributed by atoms with Crippen LogP contribution in [0.1, 0.15) is 49.9 Å². The second-order valence-electron chi connectivity index (χ2n) is 6.89. The molecule has 124 valence electrons. The van der Waals surface area contributed by atoms with Gasteiger partial charge in [0, 0.05) is 32.6 Å². The van der Waals surface area contributed by atoms with Crippen molar-refractivity contribution in [3.05, 3.63) is 17.5 Å². The zero-order valence-electron chi connectivity index (χ0n) is 13.1. The van der Waals surface area contributed by atoms with Gasteiger partial charge in [-0.2, -0.15) is 5.10 Å². The topological polar surface area (TPSA) is 81.8 Å². The SMILES string of the molecule is OCc1cc2n(n1)CCCN(CC(O)CC1(O)CCCC1)C2. The van der Waals surface area contributed by atoms with E-state index in [1.165, 1.54) is 0 Å². The minimum atomic E-state index is -0.656.